The predicted molar refractivity (Wildman–Crippen MR) is 62.9 cm³/mol. The second-order valence-corrected chi connectivity index (χ2v) is 3.89. The van der Waals surface area contributed by atoms with E-state index in [4.69, 9.17) is 33.7 Å². The van der Waals surface area contributed by atoms with Gasteiger partial charge >= 0.3 is 6.09 Å². The molecule has 0 saturated heterocycles. The smallest absolute Gasteiger partial charge is 0.405 e. The number of allylic oxidation sites excluding steroid dienone is 2. The van der Waals surface area contributed by atoms with Gasteiger partial charge < -0.3 is 10.5 Å². The van der Waals surface area contributed by atoms with E-state index in [0.717, 1.165) is 0 Å². The van der Waals surface area contributed by atoms with Gasteiger partial charge in [-0.2, -0.15) is 0 Å². The van der Waals surface area contributed by atoms with Gasteiger partial charge in [-0.05, 0) is 20.3 Å². The molecule has 0 heterocycles. The molecule has 0 aromatic rings. The van der Waals surface area contributed by atoms with E-state index < -0.39 is 12.2 Å². The molecule has 0 bridgehead atoms. The number of halogens is 2. The molecular formula is C10H15Cl2NO2. The van der Waals surface area contributed by atoms with Gasteiger partial charge in [-0.3, -0.25) is 0 Å². The Hall–Kier alpha value is -0.670. The van der Waals surface area contributed by atoms with Crippen molar-refractivity contribution in [1.29, 1.82) is 0 Å². The quantitative estimate of drug-likeness (QED) is 0.778. The second kappa shape index (κ2) is 6.75. The summed E-state index contributed by atoms with van der Waals surface area (Å²) in [6.07, 6.45) is 0.920. The molecule has 0 aliphatic heterocycles. The molecular weight excluding hydrogens is 237 g/mol. The van der Waals surface area contributed by atoms with E-state index in [2.05, 4.69) is 0 Å². The van der Waals surface area contributed by atoms with Crippen LogP contribution in [0.25, 0.3) is 0 Å². The number of ether oxygens (including phenoxy) is 1. The Balaban J connectivity index is 5.07. The van der Waals surface area contributed by atoms with E-state index in [1.54, 1.807) is 19.9 Å². The maximum atomic E-state index is 10.7. The summed E-state index contributed by atoms with van der Waals surface area (Å²) in [7, 11) is 0. The van der Waals surface area contributed by atoms with Crippen molar-refractivity contribution in [3.05, 3.63) is 21.7 Å². The molecule has 0 aromatic carbocycles. The number of amides is 1. The molecule has 0 fully saturated rings. The molecule has 0 saturated carbocycles. The first-order valence-electron chi connectivity index (χ1n) is 4.58. The third-order valence-electron chi connectivity index (χ3n) is 1.83. The number of nitrogens with two attached hydrogens (primary N) is 1. The lowest BCUT2D eigenvalue weighted by Gasteiger charge is -2.18. The maximum Gasteiger partial charge on any atom is 0.405 e. The monoisotopic (exact) mass is 251 g/mol. The van der Waals surface area contributed by atoms with Gasteiger partial charge in [0, 0.05) is 15.6 Å². The Bertz CT molecular complexity index is 294. The van der Waals surface area contributed by atoms with Crippen molar-refractivity contribution in [1.82, 2.24) is 0 Å². The van der Waals surface area contributed by atoms with Crippen molar-refractivity contribution in [3.8, 4) is 0 Å². The lowest BCUT2D eigenvalue weighted by atomic mass is 10.1. The number of carbonyl (C=O) groups is 1. The summed E-state index contributed by atoms with van der Waals surface area (Å²) in [6.45, 7) is 5.32. The van der Waals surface area contributed by atoms with Gasteiger partial charge in [-0.25, -0.2) is 4.79 Å². The van der Waals surface area contributed by atoms with Crippen LogP contribution in [0, 0.1) is 0 Å². The van der Waals surface area contributed by atoms with Gasteiger partial charge in [0.2, 0.25) is 0 Å². The van der Waals surface area contributed by atoms with Gasteiger partial charge in [-0.1, -0.05) is 36.2 Å². The highest BCUT2D eigenvalue weighted by molar-refractivity contribution is 6.35. The normalized spacial score (nSPS) is 15.7. The molecule has 0 spiro atoms. The fraction of sp³-hybridized carbons (Fsp3) is 0.500. The molecule has 1 unspecified atom stereocenters. The highest BCUT2D eigenvalue weighted by atomic mass is 35.5. The molecule has 1 amide bonds. The highest BCUT2D eigenvalue weighted by Gasteiger charge is 2.20. The average Bonchev–Trinajstić information content (AvgIpc) is 2.15. The number of rotatable bonds is 4. The summed E-state index contributed by atoms with van der Waals surface area (Å²) in [5.41, 5.74) is 5.56. The van der Waals surface area contributed by atoms with Crippen LogP contribution < -0.4 is 5.73 Å². The van der Waals surface area contributed by atoms with Crippen molar-refractivity contribution in [2.24, 2.45) is 5.73 Å². The van der Waals surface area contributed by atoms with Gasteiger partial charge in [0.15, 0.2) is 0 Å². The van der Waals surface area contributed by atoms with E-state index in [0.29, 0.717) is 22.1 Å². The maximum absolute atomic E-state index is 10.7. The second-order valence-electron chi connectivity index (χ2n) is 2.92. The van der Waals surface area contributed by atoms with E-state index in [1.807, 2.05) is 6.92 Å². The van der Waals surface area contributed by atoms with E-state index in [9.17, 15) is 4.79 Å². The molecule has 1 atom stereocenters. The zero-order chi connectivity index (χ0) is 12.0. The minimum Gasteiger partial charge on any atom is -0.441 e. The molecule has 3 nitrogen and oxygen atoms in total. The summed E-state index contributed by atoms with van der Waals surface area (Å²) in [5.74, 6) is 0. The van der Waals surface area contributed by atoms with Crippen LogP contribution >= 0.6 is 23.2 Å². The van der Waals surface area contributed by atoms with Gasteiger partial charge in [0.05, 0.1) is 0 Å². The topological polar surface area (TPSA) is 52.3 Å². The number of hydrogen-bond donors (Lipinski definition) is 1. The Morgan fingerprint density at radius 3 is 2.33 bits per heavy atom. The summed E-state index contributed by atoms with van der Waals surface area (Å²) < 4.78 is 4.92. The van der Waals surface area contributed by atoms with E-state index in [-0.39, 0.29) is 0 Å². The molecule has 0 aliphatic rings. The fourth-order valence-electron chi connectivity index (χ4n) is 1.18. The van der Waals surface area contributed by atoms with Crippen molar-refractivity contribution in [3.63, 3.8) is 0 Å². The summed E-state index contributed by atoms with van der Waals surface area (Å²) >= 11 is 11.9. The van der Waals surface area contributed by atoms with Crippen LogP contribution in [0.1, 0.15) is 27.2 Å². The fourth-order valence-corrected chi connectivity index (χ4v) is 1.72. The molecule has 5 heteroatoms. The SMILES string of the molecule is CC=C(Cl)C(=C(C)Cl)C(CC)OC(N)=O. The zero-order valence-electron chi connectivity index (χ0n) is 9.01. The van der Waals surface area contributed by atoms with Crippen LogP contribution in [0.4, 0.5) is 4.79 Å². The standard InChI is InChI=1S/C10H15Cl2NO2/c1-4-7(12)9(6(3)11)8(5-2)15-10(13)14/h4,8H,5H2,1-3H3,(H2,13,14). The summed E-state index contributed by atoms with van der Waals surface area (Å²) in [5, 5.41) is 0.960. The Labute approximate surface area is 99.9 Å². The van der Waals surface area contributed by atoms with Crippen LogP contribution in [-0.2, 0) is 4.74 Å². The molecule has 15 heavy (non-hydrogen) atoms. The molecule has 0 radical (unpaired) electrons. The van der Waals surface area contributed by atoms with E-state index >= 15 is 0 Å². The Morgan fingerprint density at radius 2 is 2.07 bits per heavy atom. The average molecular weight is 252 g/mol. The Morgan fingerprint density at radius 1 is 1.53 bits per heavy atom. The third-order valence-corrected chi connectivity index (χ3v) is 2.46. The summed E-state index contributed by atoms with van der Waals surface area (Å²) in [6, 6.07) is 0. The number of hydrogen-bond acceptors (Lipinski definition) is 2. The Kier molecular flexibility index (Phi) is 6.45. The first-order valence-corrected chi connectivity index (χ1v) is 5.34. The highest BCUT2D eigenvalue weighted by Crippen LogP contribution is 2.27. The first-order chi connectivity index (χ1) is 6.93. The van der Waals surface area contributed by atoms with Crippen LogP contribution in [0.3, 0.4) is 0 Å². The minimum absolute atomic E-state index is 0.468. The molecule has 86 valence electrons. The lowest BCUT2D eigenvalue weighted by Crippen LogP contribution is -2.24. The van der Waals surface area contributed by atoms with Crippen molar-refractivity contribution < 1.29 is 9.53 Å². The minimum atomic E-state index is -0.835. The third kappa shape index (κ3) is 4.58. The van der Waals surface area contributed by atoms with Crippen LogP contribution in [0.15, 0.2) is 21.7 Å². The predicted octanol–water partition coefficient (Wildman–Crippen LogP) is 3.52. The first kappa shape index (κ1) is 14.3. The van der Waals surface area contributed by atoms with Crippen molar-refractivity contribution in [2.75, 3.05) is 0 Å². The summed E-state index contributed by atoms with van der Waals surface area (Å²) in [4.78, 5) is 10.7. The van der Waals surface area contributed by atoms with Crippen LogP contribution in [0.5, 0.6) is 0 Å². The molecule has 2 N–H and O–H groups in total. The number of primary amides is 1. The zero-order valence-corrected chi connectivity index (χ0v) is 10.5. The van der Waals surface area contributed by atoms with Crippen molar-refractivity contribution in [2.45, 2.75) is 33.3 Å². The van der Waals surface area contributed by atoms with Crippen molar-refractivity contribution >= 4 is 29.3 Å². The largest absolute Gasteiger partial charge is 0.441 e. The molecule has 0 rings (SSSR count). The van der Waals surface area contributed by atoms with Gasteiger partial charge in [0.25, 0.3) is 0 Å². The lowest BCUT2D eigenvalue weighted by molar-refractivity contribution is 0.123. The molecule has 0 aromatic heterocycles. The van der Waals surface area contributed by atoms with Gasteiger partial charge in [0.1, 0.15) is 6.10 Å². The van der Waals surface area contributed by atoms with E-state index in [1.165, 1.54) is 0 Å². The molecule has 0 aliphatic carbocycles. The van der Waals surface area contributed by atoms with Crippen LogP contribution in [0.2, 0.25) is 0 Å². The van der Waals surface area contributed by atoms with Crippen LogP contribution in [-0.4, -0.2) is 12.2 Å². The van der Waals surface area contributed by atoms with Gasteiger partial charge in [-0.15, -0.1) is 0 Å². The number of carbonyl (C=O) groups excluding carboxylic acids is 1.